The van der Waals surface area contributed by atoms with Crippen LogP contribution < -0.4 is 0 Å². The first kappa shape index (κ1) is 10.8. The van der Waals surface area contributed by atoms with Gasteiger partial charge in [-0.05, 0) is 28.1 Å². The normalized spacial score (nSPS) is 21.7. The number of rotatable bonds is 2. The standard InChI is InChI=1S/C11H12BrNO2/c12-9-1-2-10(13-6-9)5-8-7-15-4-3-11(8)14/h1-2,6,8H,3-5,7H2. The van der Waals surface area contributed by atoms with Crippen LogP contribution in [0, 0.1) is 5.92 Å². The van der Waals surface area contributed by atoms with E-state index in [9.17, 15) is 4.79 Å². The summed E-state index contributed by atoms with van der Waals surface area (Å²) in [6, 6.07) is 3.88. The lowest BCUT2D eigenvalue weighted by atomic mass is 9.95. The van der Waals surface area contributed by atoms with Crippen LogP contribution in [-0.4, -0.2) is 24.0 Å². The average Bonchev–Trinajstić information content (AvgIpc) is 2.25. The molecule has 1 fully saturated rings. The Morgan fingerprint density at radius 1 is 1.53 bits per heavy atom. The zero-order chi connectivity index (χ0) is 10.7. The monoisotopic (exact) mass is 269 g/mol. The first-order valence-electron chi connectivity index (χ1n) is 4.96. The van der Waals surface area contributed by atoms with E-state index in [-0.39, 0.29) is 5.92 Å². The molecule has 1 unspecified atom stereocenters. The zero-order valence-corrected chi connectivity index (χ0v) is 9.87. The summed E-state index contributed by atoms with van der Waals surface area (Å²) in [7, 11) is 0. The van der Waals surface area contributed by atoms with E-state index in [1.165, 1.54) is 0 Å². The Labute approximate surface area is 97.0 Å². The predicted molar refractivity (Wildman–Crippen MR) is 59.6 cm³/mol. The van der Waals surface area contributed by atoms with Crippen LogP contribution in [0.3, 0.4) is 0 Å². The van der Waals surface area contributed by atoms with E-state index in [0.29, 0.717) is 31.8 Å². The number of ether oxygens (including phenoxy) is 1. The molecular weight excluding hydrogens is 258 g/mol. The van der Waals surface area contributed by atoms with E-state index in [1.54, 1.807) is 6.20 Å². The van der Waals surface area contributed by atoms with Gasteiger partial charge in [-0.2, -0.15) is 0 Å². The maximum atomic E-state index is 11.5. The van der Waals surface area contributed by atoms with Crippen molar-refractivity contribution in [2.45, 2.75) is 12.8 Å². The number of nitrogens with zero attached hydrogens (tertiary/aromatic N) is 1. The highest BCUT2D eigenvalue weighted by Gasteiger charge is 2.23. The van der Waals surface area contributed by atoms with E-state index in [1.807, 2.05) is 12.1 Å². The van der Waals surface area contributed by atoms with Gasteiger partial charge >= 0.3 is 0 Å². The SMILES string of the molecule is O=C1CCOCC1Cc1ccc(Br)cn1. The van der Waals surface area contributed by atoms with Crippen molar-refractivity contribution >= 4 is 21.7 Å². The summed E-state index contributed by atoms with van der Waals surface area (Å²) in [6.45, 7) is 1.11. The van der Waals surface area contributed by atoms with Crippen LogP contribution in [0.15, 0.2) is 22.8 Å². The number of hydrogen-bond acceptors (Lipinski definition) is 3. The van der Waals surface area contributed by atoms with Gasteiger partial charge in [-0.25, -0.2) is 0 Å². The second kappa shape index (κ2) is 4.86. The van der Waals surface area contributed by atoms with E-state index >= 15 is 0 Å². The summed E-state index contributed by atoms with van der Waals surface area (Å²) < 4.78 is 6.25. The van der Waals surface area contributed by atoms with Crippen molar-refractivity contribution in [2.75, 3.05) is 13.2 Å². The summed E-state index contributed by atoms with van der Waals surface area (Å²) in [6.07, 6.45) is 2.98. The minimum absolute atomic E-state index is 0.00701. The molecule has 0 N–H and O–H groups in total. The fraction of sp³-hybridized carbons (Fsp3) is 0.455. The Bertz CT molecular complexity index is 350. The number of halogens is 1. The van der Waals surface area contributed by atoms with Gasteiger partial charge in [0.05, 0.1) is 13.2 Å². The van der Waals surface area contributed by atoms with Crippen LogP contribution in [0.1, 0.15) is 12.1 Å². The van der Waals surface area contributed by atoms with Gasteiger partial charge in [0.25, 0.3) is 0 Å². The third-order valence-corrected chi connectivity index (χ3v) is 2.98. The van der Waals surface area contributed by atoms with Gasteiger partial charge in [0.2, 0.25) is 0 Å². The van der Waals surface area contributed by atoms with E-state index < -0.39 is 0 Å². The predicted octanol–water partition coefficient (Wildman–Crippen LogP) is 1.99. The fourth-order valence-electron chi connectivity index (χ4n) is 1.65. The number of carbonyl (C=O) groups excluding carboxylic acids is 1. The third kappa shape index (κ3) is 2.86. The molecule has 15 heavy (non-hydrogen) atoms. The molecule has 1 atom stereocenters. The Morgan fingerprint density at radius 2 is 2.40 bits per heavy atom. The smallest absolute Gasteiger partial charge is 0.140 e. The van der Waals surface area contributed by atoms with Crippen molar-refractivity contribution in [3.63, 3.8) is 0 Å². The summed E-state index contributed by atoms with van der Waals surface area (Å²) in [5.74, 6) is 0.290. The molecule has 0 spiro atoms. The van der Waals surface area contributed by atoms with Crippen LogP contribution in [0.5, 0.6) is 0 Å². The number of pyridine rings is 1. The van der Waals surface area contributed by atoms with Gasteiger partial charge in [0, 0.05) is 35.1 Å². The van der Waals surface area contributed by atoms with Gasteiger partial charge in [-0.3, -0.25) is 9.78 Å². The molecule has 2 rings (SSSR count). The molecular formula is C11H12BrNO2. The largest absolute Gasteiger partial charge is 0.380 e. The van der Waals surface area contributed by atoms with E-state index in [4.69, 9.17) is 4.74 Å². The van der Waals surface area contributed by atoms with Crippen molar-refractivity contribution in [3.05, 3.63) is 28.5 Å². The number of hydrogen-bond donors (Lipinski definition) is 0. The summed E-state index contributed by atoms with van der Waals surface area (Å²) in [4.78, 5) is 15.8. The van der Waals surface area contributed by atoms with E-state index in [2.05, 4.69) is 20.9 Å². The number of aromatic nitrogens is 1. The van der Waals surface area contributed by atoms with Gasteiger partial charge in [0.1, 0.15) is 5.78 Å². The molecule has 0 saturated carbocycles. The first-order chi connectivity index (χ1) is 7.25. The maximum absolute atomic E-state index is 11.5. The van der Waals surface area contributed by atoms with Crippen molar-refractivity contribution in [2.24, 2.45) is 5.92 Å². The Balaban J connectivity index is 2.01. The van der Waals surface area contributed by atoms with Crippen molar-refractivity contribution in [1.29, 1.82) is 0 Å². The number of Topliss-reactive ketones (excluding diaryl/α,β-unsaturated/α-hetero) is 1. The molecule has 0 radical (unpaired) electrons. The zero-order valence-electron chi connectivity index (χ0n) is 8.28. The molecule has 0 amide bonds. The molecule has 1 aliphatic rings. The Morgan fingerprint density at radius 3 is 3.07 bits per heavy atom. The second-order valence-electron chi connectivity index (χ2n) is 3.66. The summed E-state index contributed by atoms with van der Waals surface area (Å²) in [5.41, 5.74) is 0.946. The average molecular weight is 270 g/mol. The van der Waals surface area contributed by atoms with Crippen LogP contribution in [0.2, 0.25) is 0 Å². The van der Waals surface area contributed by atoms with Crippen molar-refractivity contribution in [1.82, 2.24) is 4.98 Å². The Kier molecular flexibility index (Phi) is 3.49. The number of carbonyl (C=O) groups is 1. The first-order valence-corrected chi connectivity index (χ1v) is 5.76. The molecule has 2 heterocycles. The highest BCUT2D eigenvalue weighted by atomic mass is 79.9. The lowest BCUT2D eigenvalue weighted by molar-refractivity contribution is -0.130. The van der Waals surface area contributed by atoms with Crippen LogP contribution >= 0.6 is 15.9 Å². The highest BCUT2D eigenvalue weighted by molar-refractivity contribution is 9.10. The molecule has 0 bridgehead atoms. The second-order valence-corrected chi connectivity index (χ2v) is 4.58. The third-order valence-electron chi connectivity index (χ3n) is 2.51. The quantitative estimate of drug-likeness (QED) is 0.825. The van der Waals surface area contributed by atoms with Crippen molar-refractivity contribution in [3.8, 4) is 0 Å². The van der Waals surface area contributed by atoms with Crippen molar-refractivity contribution < 1.29 is 9.53 Å². The molecule has 1 saturated heterocycles. The lowest BCUT2D eigenvalue weighted by Crippen LogP contribution is -2.29. The highest BCUT2D eigenvalue weighted by Crippen LogP contribution is 2.16. The van der Waals surface area contributed by atoms with Gasteiger partial charge in [-0.15, -0.1) is 0 Å². The molecule has 3 nitrogen and oxygen atoms in total. The van der Waals surface area contributed by atoms with Gasteiger partial charge < -0.3 is 4.74 Å². The fourth-order valence-corrected chi connectivity index (χ4v) is 1.88. The molecule has 4 heteroatoms. The minimum Gasteiger partial charge on any atom is -0.380 e. The van der Waals surface area contributed by atoms with Crippen LogP contribution in [0.4, 0.5) is 0 Å². The number of ketones is 1. The molecule has 0 aromatic carbocycles. The molecule has 1 aromatic heterocycles. The molecule has 80 valence electrons. The summed E-state index contributed by atoms with van der Waals surface area (Å²) in [5, 5.41) is 0. The van der Waals surface area contributed by atoms with Crippen LogP contribution in [-0.2, 0) is 16.0 Å². The summed E-state index contributed by atoms with van der Waals surface area (Å²) >= 11 is 3.33. The maximum Gasteiger partial charge on any atom is 0.140 e. The van der Waals surface area contributed by atoms with Gasteiger partial charge in [0.15, 0.2) is 0 Å². The lowest BCUT2D eigenvalue weighted by Gasteiger charge is -2.20. The molecule has 0 aliphatic carbocycles. The minimum atomic E-state index is -0.00701. The molecule has 1 aliphatic heterocycles. The van der Waals surface area contributed by atoms with Crippen LogP contribution in [0.25, 0.3) is 0 Å². The Hall–Kier alpha value is -0.740. The van der Waals surface area contributed by atoms with E-state index in [0.717, 1.165) is 10.2 Å². The topological polar surface area (TPSA) is 39.2 Å². The molecule has 1 aromatic rings. The van der Waals surface area contributed by atoms with Gasteiger partial charge in [-0.1, -0.05) is 0 Å².